The number of esters is 1. The van der Waals surface area contributed by atoms with Crippen molar-refractivity contribution in [3.8, 4) is 0 Å². The maximum absolute atomic E-state index is 13.6. The molecule has 0 bridgehead atoms. The molecule has 0 aliphatic carbocycles. The molecule has 0 aromatic heterocycles. The number of quaternary nitrogens is 1. The molecule has 10 heteroatoms. The Morgan fingerprint density at radius 3 is 1.07 bits per heavy atom. The zero-order valence-corrected chi connectivity index (χ0v) is 58.7. The van der Waals surface area contributed by atoms with Gasteiger partial charge in [0, 0.05) is 12.8 Å². The highest BCUT2D eigenvalue weighted by atomic mass is 31.2. The summed E-state index contributed by atoms with van der Waals surface area (Å²) >= 11 is 0. The second-order valence-corrected chi connectivity index (χ2v) is 27.9. The number of nitrogens with one attached hydrogen (secondary N) is 1. The minimum atomic E-state index is -4.71. The first kappa shape index (κ1) is 83.7. The van der Waals surface area contributed by atoms with E-state index in [1.807, 2.05) is 33.3 Å². The molecule has 9 nitrogen and oxygen atoms in total. The van der Waals surface area contributed by atoms with Gasteiger partial charge in [-0.15, -0.1) is 0 Å². The van der Waals surface area contributed by atoms with Crippen LogP contribution < -0.4 is 10.2 Å². The average molecular weight is 1230 g/mol. The monoisotopic (exact) mass is 1230 g/mol. The van der Waals surface area contributed by atoms with E-state index >= 15 is 0 Å². The van der Waals surface area contributed by atoms with Gasteiger partial charge in [-0.05, 0) is 96.0 Å². The second kappa shape index (κ2) is 65.7. The molecule has 0 rings (SSSR count). The van der Waals surface area contributed by atoms with Gasteiger partial charge in [0.05, 0.1) is 33.8 Å². The zero-order chi connectivity index (χ0) is 62.8. The molecule has 1 amide bonds. The second-order valence-electron chi connectivity index (χ2n) is 26.4. The van der Waals surface area contributed by atoms with E-state index < -0.39 is 20.0 Å². The van der Waals surface area contributed by atoms with Crippen molar-refractivity contribution in [1.29, 1.82) is 0 Å². The summed E-state index contributed by atoms with van der Waals surface area (Å²) in [5.41, 5.74) is 0. The number of likely N-dealkylation sites (N-methyl/N-ethyl adjacent to an activating group) is 1. The van der Waals surface area contributed by atoms with Crippen LogP contribution in [0.25, 0.3) is 0 Å². The highest BCUT2D eigenvalue weighted by Gasteiger charge is 2.27. The molecule has 86 heavy (non-hydrogen) atoms. The molecule has 0 fully saturated rings. The standard InChI is InChI=1S/C76H143N2O7P/c1-7-10-13-16-19-22-25-28-30-32-34-36-38-39-41-43-45-47-49-51-54-57-60-63-66-69-76(80)85-74(67-64-61-58-55-52-27-24-21-18-15-12-9-3)73(72-84-86(81,82)83-71-70-78(4,5)6)77-75(79)68-65-62-59-56-53-50-48-46-44-42-40-37-35-33-31-29-26-23-20-17-14-11-8-2/h19-20,22-23,28-31,64,67,73-74H,7-18,21,24-27,32-63,65-66,68-72H2,1-6H3,(H-,77,79,81,82)/b22-19-,23-20-,30-28-,31-29-,67-64+. The molecule has 0 saturated carbocycles. The third-order valence-electron chi connectivity index (χ3n) is 16.7. The minimum Gasteiger partial charge on any atom is -0.756 e. The number of amides is 1. The average Bonchev–Trinajstić information content (AvgIpc) is 3.65. The molecular weight excluding hydrogens is 1080 g/mol. The van der Waals surface area contributed by atoms with Crippen molar-refractivity contribution in [2.24, 2.45) is 0 Å². The van der Waals surface area contributed by atoms with Crippen molar-refractivity contribution in [3.05, 3.63) is 60.8 Å². The van der Waals surface area contributed by atoms with E-state index in [9.17, 15) is 19.0 Å². The smallest absolute Gasteiger partial charge is 0.306 e. The van der Waals surface area contributed by atoms with Crippen LogP contribution in [-0.4, -0.2) is 69.4 Å². The molecule has 0 aromatic carbocycles. The van der Waals surface area contributed by atoms with E-state index in [1.54, 1.807) is 0 Å². The van der Waals surface area contributed by atoms with Gasteiger partial charge in [-0.25, -0.2) is 0 Å². The van der Waals surface area contributed by atoms with Gasteiger partial charge >= 0.3 is 5.97 Å². The van der Waals surface area contributed by atoms with Crippen molar-refractivity contribution in [3.63, 3.8) is 0 Å². The molecule has 0 aromatic rings. The number of carbonyl (C=O) groups excluding carboxylic acids is 2. The molecule has 0 heterocycles. The predicted molar refractivity (Wildman–Crippen MR) is 372 cm³/mol. The van der Waals surface area contributed by atoms with E-state index in [0.29, 0.717) is 17.4 Å². The molecule has 3 atom stereocenters. The Bertz CT molecular complexity index is 1650. The number of hydrogen-bond donors (Lipinski definition) is 1. The summed E-state index contributed by atoms with van der Waals surface area (Å²) in [4.78, 5) is 40.2. The van der Waals surface area contributed by atoms with Crippen molar-refractivity contribution >= 4 is 19.7 Å². The number of phosphoric acid groups is 1. The lowest BCUT2D eigenvalue weighted by atomic mass is 10.0. The van der Waals surface area contributed by atoms with Gasteiger partial charge in [-0.3, -0.25) is 14.2 Å². The van der Waals surface area contributed by atoms with Crippen molar-refractivity contribution in [1.82, 2.24) is 5.32 Å². The molecule has 0 aliphatic rings. The van der Waals surface area contributed by atoms with Gasteiger partial charge in [-0.2, -0.15) is 0 Å². The Morgan fingerprint density at radius 2 is 0.709 bits per heavy atom. The first-order chi connectivity index (χ1) is 41.9. The highest BCUT2D eigenvalue weighted by molar-refractivity contribution is 7.45. The van der Waals surface area contributed by atoms with Crippen LogP contribution >= 0.6 is 7.82 Å². The van der Waals surface area contributed by atoms with Crippen LogP contribution in [0, 0.1) is 0 Å². The molecule has 0 radical (unpaired) electrons. The lowest BCUT2D eigenvalue weighted by Gasteiger charge is -2.30. The van der Waals surface area contributed by atoms with Crippen LogP contribution in [0.1, 0.15) is 361 Å². The molecule has 0 spiro atoms. The first-order valence-corrected chi connectivity index (χ1v) is 38.6. The largest absolute Gasteiger partial charge is 0.756 e. The normalized spacial score (nSPS) is 13.8. The van der Waals surface area contributed by atoms with E-state index in [1.165, 1.54) is 257 Å². The Balaban J connectivity index is 4.99. The summed E-state index contributed by atoms with van der Waals surface area (Å²) in [6.07, 6.45) is 84.9. The number of carbonyl (C=O) groups is 2. The Morgan fingerprint density at radius 1 is 0.407 bits per heavy atom. The SMILES string of the molecule is CCCCC/C=C\C/C=C\CCCCCCCCCCCCCCCCCC(=O)OC(/C=C/CCCCCCCCCCCC)C(COP(=O)([O-])OCC[N+](C)(C)C)NC(=O)CCCCCCCCCCCCCCC/C=C\C/C=C\CCCCC. The lowest BCUT2D eigenvalue weighted by Crippen LogP contribution is -2.47. The number of rotatable bonds is 68. The van der Waals surface area contributed by atoms with Crippen molar-refractivity contribution in [2.75, 3.05) is 40.9 Å². The summed E-state index contributed by atoms with van der Waals surface area (Å²) in [5, 5.41) is 3.05. The fourth-order valence-electron chi connectivity index (χ4n) is 10.9. The number of phosphoric ester groups is 1. The topological polar surface area (TPSA) is 114 Å². The van der Waals surface area contributed by atoms with Crippen LogP contribution in [0.2, 0.25) is 0 Å². The fraction of sp³-hybridized carbons (Fsp3) is 0.842. The van der Waals surface area contributed by atoms with Crippen molar-refractivity contribution < 1.29 is 37.3 Å². The molecule has 504 valence electrons. The number of allylic oxidation sites excluding steroid dienone is 9. The summed E-state index contributed by atoms with van der Waals surface area (Å²) in [6.45, 7) is 6.84. The number of ether oxygens (including phenoxy) is 1. The number of hydrogen-bond acceptors (Lipinski definition) is 7. The predicted octanol–water partition coefficient (Wildman–Crippen LogP) is 23.1. The third-order valence-corrected chi connectivity index (χ3v) is 17.6. The van der Waals surface area contributed by atoms with Gasteiger partial charge in [0.25, 0.3) is 7.82 Å². The number of unbranched alkanes of at least 4 members (excludes halogenated alkanes) is 44. The molecule has 1 N–H and O–H groups in total. The Labute approximate surface area is 534 Å². The fourth-order valence-corrected chi connectivity index (χ4v) is 11.7. The summed E-state index contributed by atoms with van der Waals surface area (Å²) in [7, 11) is 1.20. The zero-order valence-electron chi connectivity index (χ0n) is 57.8. The summed E-state index contributed by atoms with van der Waals surface area (Å²) < 4.78 is 30.5. The maximum atomic E-state index is 13.6. The van der Waals surface area contributed by atoms with Gasteiger partial charge in [0.1, 0.15) is 19.3 Å². The van der Waals surface area contributed by atoms with Crippen LogP contribution in [0.5, 0.6) is 0 Å². The van der Waals surface area contributed by atoms with E-state index in [-0.39, 0.29) is 31.5 Å². The third kappa shape index (κ3) is 66.1. The van der Waals surface area contributed by atoms with Crippen LogP contribution in [0.3, 0.4) is 0 Å². The molecule has 0 saturated heterocycles. The Kier molecular flexibility index (Phi) is 63.9. The van der Waals surface area contributed by atoms with Gasteiger partial charge in [0.2, 0.25) is 5.91 Å². The van der Waals surface area contributed by atoms with Crippen LogP contribution in [0.15, 0.2) is 60.8 Å². The van der Waals surface area contributed by atoms with Crippen LogP contribution in [0.4, 0.5) is 0 Å². The lowest BCUT2D eigenvalue weighted by molar-refractivity contribution is -0.870. The maximum Gasteiger partial charge on any atom is 0.306 e. The minimum absolute atomic E-state index is 0.0216. The Hall–Kier alpha value is -2.29. The van der Waals surface area contributed by atoms with E-state index in [2.05, 4.69) is 74.7 Å². The van der Waals surface area contributed by atoms with Crippen LogP contribution in [-0.2, 0) is 27.9 Å². The molecule has 0 aliphatic heterocycles. The molecular formula is C76H143N2O7P. The first-order valence-electron chi connectivity index (χ1n) is 37.1. The quantitative estimate of drug-likeness (QED) is 0.0212. The summed E-state index contributed by atoms with van der Waals surface area (Å²) in [5.74, 6) is -0.527. The van der Waals surface area contributed by atoms with Gasteiger partial charge in [0.15, 0.2) is 0 Å². The van der Waals surface area contributed by atoms with Crippen molar-refractivity contribution in [2.45, 2.75) is 373 Å². The van der Waals surface area contributed by atoms with Gasteiger partial charge in [-0.1, -0.05) is 313 Å². The summed E-state index contributed by atoms with van der Waals surface area (Å²) in [6, 6.07) is -0.889. The number of nitrogens with zero attached hydrogens (tertiary/aromatic N) is 1. The molecule has 3 unspecified atom stereocenters. The van der Waals surface area contributed by atoms with E-state index in [4.69, 9.17) is 13.8 Å². The highest BCUT2D eigenvalue weighted by Crippen LogP contribution is 2.38. The van der Waals surface area contributed by atoms with E-state index in [0.717, 1.165) is 70.6 Å². The van der Waals surface area contributed by atoms with Gasteiger partial charge < -0.3 is 28.5 Å².